The van der Waals surface area contributed by atoms with E-state index in [0.29, 0.717) is 31.0 Å². The molecule has 19 heavy (non-hydrogen) atoms. The summed E-state index contributed by atoms with van der Waals surface area (Å²) in [7, 11) is 1.59. The average molecular weight is 265 g/mol. The van der Waals surface area contributed by atoms with Gasteiger partial charge in [0.15, 0.2) is 0 Å². The molecule has 4 N–H and O–H groups in total. The quantitative estimate of drug-likeness (QED) is 0.660. The molecule has 1 atom stereocenters. The van der Waals surface area contributed by atoms with E-state index in [4.69, 9.17) is 10.5 Å². The molecule has 1 fully saturated rings. The molecule has 1 aromatic rings. The van der Waals surface area contributed by atoms with Gasteiger partial charge in [0.1, 0.15) is 0 Å². The van der Waals surface area contributed by atoms with Crippen molar-refractivity contribution in [1.29, 1.82) is 0 Å². The summed E-state index contributed by atoms with van der Waals surface area (Å²) in [5.41, 5.74) is 7.69. The number of benzene rings is 1. The summed E-state index contributed by atoms with van der Waals surface area (Å²) in [6.45, 7) is 1.61. The van der Waals surface area contributed by atoms with E-state index in [1.807, 2.05) is 4.90 Å². The lowest BCUT2D eigenvalue weighted by Gasteiger charge is -2.37. The zero-order valence-corrected chi connectivity index (χ0v) is 10.9. The molecule has 1 aliphatic heterocycles. The van der Waals surface area contributed by atoms with E-state index in [2.05, 4.69) is 5.32 Å². The molecule has 1 heterocycles. The van der Waals surface area contributed by atoms with Gasteiger partial charge in [-0.15, -0.1) is 0 Å². The number of hydrogen-bond donors (Lipinski definition) is 3. The Labute approximate surface area is 112 Å². The van der Waals surface area contributed by atoms with Gasteiger partial charge in [-0.25, -0.2) is 0 Å². The monoisotopic (exact) mass is 265 g/mol. The Bertz CT molecular complexity index is 464. The van der Waals surface area contributed by atoms with E-state index < -0.39 is 0 Å². The van der Waals surface area contributed by atoms with Crippen molar-refractivity contribution in [2.24, 2.45) is 0 Å². The number of nitrogens with two attached hydrogens (primary N) is 1. The number of aliphatic hydroxyl groups is 1. The summed E-state index contributed by atoms with van der Waals surface area (Å²) < 4.78 is 5.35. The maximum Gasteiger partial charge on any atom is 0.253 e. The predicted octanol–water partition coefficient (Wildman–Crippen LogP) is -0.174. The van der Waals surface area contributed by atoms with Gasteiger partial charge < -0.3 is 25.8 Å². The Hall–Kier alpha value is -1.79. The highest BCUT2D eigenvalue weighted by atomic mass is 16.5. The van der Waals surface area contributed by atoms with E-state index >= 15 is 0 Å². The van der Waals surface area contributed by atoms with Gasteiger partial charge in [0.05, 0.1) is 37.1 Å². The van der Waals surface area contributed by atoms with Gasteiger partial charge in [-0.3, -0.25) is 4.79 Å². The largest absolute Gasteiger partial charge is 0.399 e. The normalized spacial score (nSPS) is 19.3. The van der Waals surface area contributed by atoms with Crippen molar-refractivity contribution in [3.05, 3.63) is 23.8 Å². The van der Waals surface area contributed by atoms with Gasteiger partial charge in [0, 0.05) is 19.3 Å². The SMILES string of the molecule is CNC(=O)c1ccc(N)cc1N1CCOCC1CO. The van der Waals surface area contributed by atoms with Crippen molar-refractivity contribution in [2.45, 2.75) is 6.04 Å². The Morgan fingerprint density at radius 1 is 1.63 bits per heavy atom. The smallest absolute Gasteiger partial charge is 0.253 e. The molecule has 6 nitrogen and oxygen atoms in total. The number of carbonyl (C=O) groups excluding carboxylic acids is 1. The van der Waals surface area contributed by atoms with Crippen LogP contribution in [0.3, 0.4) is 0 Å². The third kappa shape index (κ3) is 2.80. The molecule has 0 bridgehead atoms. The fraction of sp³-hybridized carbons (Fsp3) is 0.462. The number of nitrogen functional groups attached to an aromatic ring is 1. The molecular formula is C13H19N3O3. The summed E-state index contributed by atoms with van der Waals surface area (Å²) >= 11 is 0. The molecule has 0 radical (unpaired) electrons. The van der Waals surface area contributed by atoms with Gasteiger partial charge in [-0.2, -0.15) is 0 Å². The fourth-order valence-electron chi connectivity index (χ4n) is 2.24. The number of hydrogen-bond acceptors (Lipinski definition) is 5. The second kappa shape index (κ2) is 5.90. The van der Waals surface area contributed by atoms with Gasteiger partial charge in [0.25, 0.3) is 5.91 Å². The first kappa shape index (κ1) is 13.6. The molecule has 1 unspecified atom stereocenters. The molecule has 0 saturated carbocycles. The zero-order chi connectivity index (χ0) is 13.8. The average Bonchev–Trinajstić information content (AvgIpc) is 2.46. The summed E-state index contributed by atoms with van der Waals surface area (Å²) in [5.74, 6) is -0.168. The van der Waals surface area contributed by atoms with Gasteiger partial charge in [-0.1, -0.05) is 0 Å². The lowest BCUT2D eigenvalue weighted by Crippen LogP contribution is -2.48. The number of nitrogens with zero attached hydrogens (tertiary/aromatic N) is 1. The van der Waals surface area contributed by atoms with Crippen molar-refractivity contribution in [1.82, 2.24) is 5.32 Å². The minimum atomic E-state index is -0.168. The number of aliphatic hydroxyl groups excluding tert-OH is 1. The van der Waals surface area contributed by atoms with Crippen molar-refractivity contribution in [3.63, 3.8) is 0 Å². The predicted molar refractivity (Wildman–Crippen MR) is 73.3 cm³/mol. The molecule has 0 spiro atoms. The fourth-order valence-corrected chi connectivity index (χ4v) is 2.24. The highest BCUT2D eigenvalue weighted by Crippen LogP contribution is 2.26. The Balaban J connectivity index is 2.40. The molecule has 0 aromatic heterocycles. The first-order valence-electron chi connectivity index (χ1n) is 6.24. The Morgan fingerprint density at radius 2 is 2.42 bits per heavy atom. The molecule has 2 rings (SSSR count). The minimum absolute atomic E-state index is 0.0258. The van der Waals surface area contributed by atoms with Crippen LogP contribution in [0.2, 0.25) is 0 Å². The first-order chi connectivity index (χ1) is 9.17. The highest BCUT2D eigenvalue weighted by Gasteiger charge is 2.26. The van der Waals surface area contributed by atoms with Crippen LogP contribution in [-0.2, 0) is 4.74 Å². The Kier molecular flexibility index (Phi) is 4.24. The maximum absolute atomic E-state index is 11.9. The number of amides is 1. The standard InChI is InChI=1S/C13H19N3O3/c1-15-13(18)11-3-2-9(14)6-12(11)16-4-5-19-8-10(16)7-17/h2-3,6,10,17H,4-5,7-8,14H2,1H3,(H,15,18). The number of ether oxygens (including phenoxy) is 1. The summed E-state index contributed by atoms with van der Waals surface area (Å²) in [6.07, 6.45) is 0. The molecule has 0 aliphatic carbocycles. The molecule has 6 heteroatoms. The van der Waals surface area contributed by atoms with Crippen LogP contribution < -0.4 is 16.0 Å². The van der Waals surface area contributed by atoms with Crippen LogP contribution in [0, 0.1) is 0 Å². The third-order valence-corrected chi connectivity index (χ3v) is 3.24. The lowest BCUT2D eigenvalue weighted by atomic mass is 10.1. The van der Waals surface area contributed by atoms with Crippen molar-refractivity contribution < 1.29 is 14.6 Å². The van der Waals surface area contributed by atoms with E-state index in [1.165, 1.54) is 0 Å². The summed E-state index contributed by atoms with van der Waals surface area (Å²) in [4.78, 5) is 13.9. The highest BCUT2D eigenvalue weighted by molar-refractivity contribution is 6.00. The van der Waals surface area contributed by atoms with Crippen LogP contribution in [0.5, 0.6) is 0 Å². The number of rotatable bonds is 3. The van der Waals surface area contributed by atoms with Crippen LogP contribution in [0.25, 0.3) is 0 Å². The topological polar surface area (TPSA) is 87.8 Å². The lowest BCUT2D eigenvalue weighted by molar-refractivity contribution is 0.0724. The van der Waals surface area contributed by atoms with Crippen LogP contribution >= 0.6 is 0 Å². The second-order valence-electron chi connectivity index (χ2n) is 4.46. The molecule has 1 aromatic carbocycles. The van der Waals surface area contributed by atoms with Gasteiger partial charge in [-0.05, 0) is 18.2 Å². The number of anilines is 2. The van der Waals surface area contributed by atoms with Gasteiger partial charge >= 0.3 is 0 Å². The molecule has 1 amide bonds. The van der Waals surface area contributed by atoms with Crippen LogP contribution in [-0.4, -0.2) is 50.5 Å². The van der Waals surface area contributed by atoms with Crippen molar-refractivity contribution in [2.75, 3.05) is 44.0 Å². The van der Waals surface area contributed by atoms with Crippen LogP contribution in [0.4, 0.5) is 11.4 Å². The molecule has 104 valence electrons. The molecule has 1 saturated heterocycles. The minimum Gasteiger partial charge on any atom is -0.399 e. The Morgan fingerprint density at radius 3 is 3.11 bits per heavy atom. The maximum atomic E-state index is 11.9. The van der Waals surface area contributed by atoms with Crippen molar-refractivity contribution in [3.8, 4) is 0 Å². The van der Waals surface area contributed by atoms with Crippen LogP contribution in [0.1, 0.15) is 10.4 Å². The summed E-state index contributed by atoms with van der Waals surface area (Å²) in [5, 5.41) is 12.0. The number of carbonyl (C=O) groups is 1. The van der Waals surface area contributed by atoms with E-state index in [0.717, 1.165) is 5.69 Å². The van der Waals surface area contributed by atoms with Crippen molar-refractivity contribution >= 4 is 17.3 Å². The van der Waals surface area contributed by atoms with E-state index in [-0.39, 0.29) is 18.6 Å². The van der Waals surface area contributed by atoms with E-state index in [1.54, 1.807) is 25.2 Å². The van der Waals surface area contributed by atoms with Crippen LogP contribution in [0.15, 0.2) is 18.2 Å². The molecule has 1 aliphatic rings. The van der Waals surface area contributed by atoms with Gasteiger partial charge in [0.2, 0.25) is 0 Å². The third-order valence-electron chi connectivity index (χ3n) is 3.24. The second-order valence-corrected chi connectivity index (χ2v) is 4.46. The number of nitrogens with one attached hydrogen (secondary N) is 1. The first-order valence-corrected chi connectivity index (χ1v) is 6.24. The zero-order valence-electron chi connectivity index (χ0n) is 10.9. The van der Waals surface area contributed by atoms with E-state index in [9.17, 15) is 9.90 Å². The summed E-state index contributed by atoms with van der Waals surface area (Å²) in [6, 6.07) is 5.01. The number of morpholine rings is 1. The molecular weight excluding hydrogens is 246 g/mol.